The van der Waals surface area contributed by atoms with E-state index in [9.17, 15) is 9.18 Å². The van der Waals surface area contributed by atoms with Crippen molar-refractivity contribution in [1.29, 1.82) is 0 Å². The van der Waals surface area contributed by atoms with Crippen LogP contribution in [-0.2, 0) is 6.61 Å². The molecular formula is C14H10BrFO2. The molecule has 0 spiro atoms. The molecule has 0 aliphatic rings. The van der Waals surface area contributed by atoms with Crippen LogP contribution in [0.1, 0.15) is 15.9 Å². The Morgan fingerprint density at radius 2 is 1.94 bits per heavy atom. The third-order valence-electron chi connectivity index (χ3n) is 2.45. The van der Waals surface area contributed by atoms with Gasteiger partial charge in [-0.3, -0.25) is 4.79 Å². The van der Waals surface area contributed by atoms with Gasteiger partial charge in [-0.25, -0.2) is 4.39 Å². The number of para-hydroxylation sites is 1. The molecule has 18 heavy (non-hydrogen) atoms. The molecule has 0 saturated carbocycles. The van der Waals surface area contributed by atoms with E-state index in [-0.39, 0.29) is 12.4 Å². The van der Waals surface area contributed by atoms with E-state index in [1.54, 1.807) is 36.4 Å². The first-order valence-electron chi connectivity index (χ1n) is 5.32. The molecule has 0 saturated heterocycles. The van der Waals surface area contributed by atoms with E-state index in [0.717, 1.165) is 0 Å². The minimum atomic E-state index is -0.322. The first-order chi connectivity index (χ1) is 8.72. The summed E-state index contributed by atoms with van der Waals surface area (Å²) in [5.74, 6) is 0.105. The number of hydrogen-bond donors (Lipinski definition) is 0. The van der Waals surface area contributed by atoms with Crippen molar-refractivity contribution in [2.24, 2.45) is 0 Å². The molecule has 0 heterocycles. The average Bonchev–Trinajstić information content (AvgIpc) is 2.39. The van der Waals surface area contributed by atoms with Gasteiger partial charge in [0.2, 0.25) is 0 Å². The molecule has 2 aromatic rings. The van der Waals surface area contributed by atoms with Crippen molar-refractivity contribution in [2.75, 3.05) is 0 Å². The Morgan fingerprint density at radius 3 is 2.67 bits per heavy atom. The predicted octanol–water partition coefficient (Wildman–Crippen LogP) is 3.98. The van der Waals surface area contributed by atoms with Gasteiger partial charge in [0, 0.05) is 5.56 Å². The Kier molecular flexibility index (Phi) is 4.10. The summed E-state index contributed by atoms with van der Waals surface area (Å²) in [7, 11) is 0. The molecule has 4 heteroatoms. The maximum absolute atomic E-state index is 13.4. The lowest BCUT2D eigenvalue weighted by molar-refractivity contribution is 0.111. The molecule has 0 aliphatic heterocycles. The highest BCUT2D eigenvalue weighted by Gasteiger charge is 2.09. The normalized spacial score (nSPS) is 10.1. The summed E-state index contributed by atoms with van der Waals surface area (Å²) >= 11 is 3.30. The molecule has 2 nitrogen and oxygen atoms in total. The molecule has 0 fully saturated rings. The highest BCUT2D eigenvalue weighted by atomic mass is 79.9. The minimum absolute atomic E-state index is 0.0795. The number of halogens is 2. The summed E-state index contributed by atoms with van der Waals surface area (Å²) in [6.45, 7) is 0.0795. The van der Waals surface area contributed by atoms with Crippen molar-refractivity contribution in [1.82, 2.24) is 0 Å². The number of benzene rings is 2. The average molecular weight is 309 g/mol. The lowest BCUT2D eigenvalue weighted by atomic mass is 10.2. The van der Waals surface area contributed by atoms with Crippen LogP contribution < -0.4 is 4.74 Å². The molecular weight excluding hydrogens is 299 g/mol. The molecule has 0 unspecified atom stereocenters. The van der Waals surface area contributed by atoms with Gasteiger partial charge in [-0.1, -0.05) is 24.3 Å². The molecule has 0 aromatic heterocycles. The van der Waals surface area contributed by atoms with Gasteiger partial charge in [-0.2, -0.15) is 0 Å². The van der Waals surface area contributed by atoms with Crippen molar-refractivity contribution in [2.45, 2.75) is 6.61 Å². The summed E-state index contributed by atoms with van der Waals surface area (Å²) in [6.07, 6.45) is 0.710. The maximum atomic E-state index is 13.4. The number of carbonyl (C=O) groups excluding carboxylic acids is 1. The van der Waals surface area contributed by atoms with E-state index in [1.165, 1.54) is 6.07 Å². The molecule has 0 bridgehead atoms. The quantitative estimate of drug-likeness (QED) is 0.799. The standard InChI is InChI=1S/C14H10BrFO2/c15-12-6-3-5-10(8-17)14(12)18-9-11-4-1-2-7-13(11)16/h1-8H,9H2. The fraction of sp³-hybridized carbons (Fsp3) is 0.0714. The lowest BCUT2D eigenvalue weighted by Gasteiger charge is -2.10. The highest BCUT2D eigenvalue weighted by molar-refractivity contribution is 9.10. The van der Waals surface area contributed by atoms with Gasteiger partial charge in [-0.05, 0) is 34.1 Å². The van der Waals surface area contributed by atoms with E-state index < -0.39 is 0 Å². The van der Waals surface area contributed by atoms with Crippen molar-refractivity contribution >= 4 is 22.2 Å². The third-order valence-corrected chi connectivity index (χ3v) is 3.08. The van der Waals surface area contributed by atoms with Gasteiger partial charge < -0.3 is 4.74 Å². The van der Waals surface area contributed by atoms with Crippen LogP contribution >= 0.6 is 15.9 Å². The number of carbonyl (C=O) groups is 1. The van der Waals surface area contributed by atoms with Gasteiger partial charge in [0.1, 0.15) is 18.2 Å². The zero-order valence-corrected chi connectivity index (χ0v) is 11.0. The summed E-state index contributed by atoms with van der Waals surface area (Å²) < 4.78 is 19.6. The van der Waals surface area contributed by atoms with Crippen molar-refractivity contribution in [3.05, 3.63) is 63.9 Å². The number of hydrogen-bond acceptors (Lipinski definition) is 2. The van der Waals surface area contributed by atoms with Crippen LogP contribution in [0, 0.1) is 5.82 Å². The summed E-state index contributed by atoms with van der Waals surface area (Å²) in [5, 5.41) is 0. The van der Waals surface area contributed by atoms with Crippen LogP contribution in [0.25, 0.3) is 0 Å². The maximum Gasteiger partial charge on any atom is 0.153 e. The molecule has 92 valence electrons. The Hall–Kier alpha value is -1.68. The smallest absolute Gasteiger partial charge is 0.153 e. The summed E-state index contributed by atoms with van der Waals surface area (Å²) in [5.41, 5.74) is 0.880. The molecule has 2 rings (SSSR count). The second-order valence-electron chi connectivity index (χ2n) is 3.66. The van der Waals surface area contributed by atoms with Gasteiger partial charge in [0.25, 0.3) is 0 Å². The highest BCUT2D eigenvalue weighted by Crippen LogP contribution is 2.28. The number of rotatable bonds is 4. The van der Waals surface area contributed by atoms with Gasteiger partial charge >= 0.3 is 0 Å². The monoisotopic (exact) mass is 308 g/mol. The van der Waals surface area contributed by atoms with Crippen LogP contribution in [0.4, 0.5) is 4.39 Å². The third kappa shape index (κ3) is 2.76. The van der Waals surface area contributed by atoms with E-state index in [0.29, 0.717) is 27.6 Å². The van der Waals surface area contributed by atoms with Gasteiger partial charge in [-0.15, -0.1) is 0 Å². The SMILES string of the molecule is O=Cc1cccc(Br)c1OCc1ccccc1F. The Balaban J connectivity index is 2.21. The van der Waals surface area contributed by atoms with Crippen LogP contribution in [0.5, 0.6) is 5.75 Å². The second kappa shape index (κ2) is 5.78. The Labute approximate surface area is 113 Å². The summed E-state index contributed by atoms with van der Waals surface area (Å²) in [6, 6.07) is 11.5. The van der Waals surface area contributed by atoms with E-state index >= 15 is 0 Å². The zero-order valence-electron chi connectivity index (χ0n) is 9.40. The molecule has 0 atom stereocenters. The van der Waals surface area contributed by atoms with E-state index in [2.05, 4.69) is 15.9 Å². The Morgan fingerprint density at radius 1 is 1.17 bits per heavy atom. The van der Waals surface area contributed by atoms with Crippen LogP contribution in [-0.4, -0.2) is 6.29 Å². The topological polar surface area (TPSA) is 26.3 Å². The fourth-order valence-electron chi connectivity index (χ4n) is 1.54. The molecule has 0 radical (unpaired) electrons. The largest absolute Gasteiger partial charge is 0.487 e. The molecule has 0 amide bonds. The van der Waals surface area contributed by atoms with E-state index in [1.807, 2.05) is 0 Å². The first-order valence-corrected chi connectivity index (χ1v) is 6.11. The van der Waals surface area contributed by atoms with Crippen molar-refractivity contribution in [3.63, 3.8) is 0 Å². The van der Waals surface area contributed by atoms with Crippen LogP contribution in [0.15, 0.2) is 46.9 Å². The lowest BCUT2D eigenvalue weighted by Crippen LogP contribution is -2.01. The Bertz CT molecular complexity index is 569. The fourth-order valence-corrected chi connectivity index (χ4v) is 2.03. The predicted molar refractivity (Wildman–Crippen MR) is 70.3 cm³/mol. The van der Waals surface area contributed by atoms with Crippen LogP contribution in [0.3, 0.4) is 0 Å². The number of ether oxygens (including phenoxy) is 1. The van der Waals surface area contributed by atoms with Crippen molar-refractivity contribution in [3.8, 4) is 5.75 Å². The first kappa shape index (κ1) is 12.8. The number of aldehydes is 1. The van der Waals surface area contributed by atoms with Gasteiger partial charge in [0.15, 0.2) is 6.29 Å². The summed E-state index contributed by atoms with van der Waals surface area (Å²) in [4.78, 5) is 10.9. The van der Waals surface area contributed by atoms with Crippen molar-refractivity contribution < 1.29 is 13.9 Å². The van der Waals surface area contributed by atoms with Gasteiger partial charge in [0.05, 0.1) is 10.0 Å². The molecule has 0 N–H and O–H groups in total. The zero-order chi connectivity index (χ0) is 13.0. The molecule has 0 aliphatic carbocycles. The van der Waals surface area contributed by atoms with Crippen LogP contribution in [0.2, 0.25) is 0 Å². The van der Waals surface area contributed by atoms with E-state index in [4.69, 9.17) is 4.74 Å². The molecule has 2 aromatic carbocycles. The second-order valence-corrected chi connectivity index (χ2v) is 4.51. The minimum Gasteiger partial charge on any atom is -0.487 e.